The van der Waals surface area contributed by atoms with Gasteiger partial charge in [-0.15, -0.1) is 0 Å². The van der Waals surface area contributed by atoms with Crippen molar-refractivity contribution in [2.24, 2.45) is 5.92 Å². The minimum atomic E-state index is 0.201. The van der Waals surface area contributed by atoms with Gasteiger partial charge in [0.25, 0.3) is 5.91 Å². The molecule has 1 aromatic carbocycles. The first-order chi connectivity index (χ1) is 9.97. The Morgan fingerprint density at radius 3 is 2.52 bits per heavy atom. The third kappa shape index (κ3) is 4.57. The summed E-state index contributed by atoms with van der Waals surface area (Å²) >= 11 is 3.51. The van der Waals surface area contributed by atoms with Gasteiger partial charge in [0.15, 0.2) is 0 Å². The average molecular weight is 352 g/mol. The van der Waals surface area contributed by atoms with Crippen molar-refractivity contribution in [2.75, 3.05) is 6.54 Å². The average Bonchev–Trinajstić information content (AvgIpc) is 2.91. The predicted octanol–water partition coefficient (Wildman–Crippen LogP) is 5.19. The van der Waals surface area contributed by atoms with Crippen LogP contribution in [0.25, 0.3) is 0 Å². The van der Waals surface area contributed by atoms with E-state index in [1.54, 1.807) is 0 Å². The van der Waals surface area contributed by atoms with Crippen molar-refractivity contribution < 1.29 is 4.79 Å². The Hall–Kier alpha value is -0.830. The molecule has 2 nitrogen and oxygen atoms in total. The largest absolute Gasteiger partial charge is 0.336 e. The minimum Gasteiger partial charge on any atom is -0.336 e. The van der Waals surface area contributed by atoms with Crippen molar-refractivity contribution in [3.8, 4) is 0 Å². The number of halogens is 1. The van der Waals surface area contributed by atoms with Crippen molar-refractivity contribution in [1.29, 1.82) is 0 Å². The van der Waals surface area contributed by atoms with Gasteiger partial charge >= 0.3 is 0 Å². The number of hydrogen-bond acceptors (Lipinski definition) is 1. The van der Waals surface area contributed by atoms with Gasteiger partial charge in [0, 0.05) is 22.6 Å². The molecule has 0 atom stereocenters. The van der Waals surface area contributed by atoms with Crippen LogP contribution in [-0.4, -0.2) is 23.4 Å². The molecule has 3 heteroatoms. The van der Waals surface area contributed by atoms with Crippen LogP contribution in [0.15, 0.2) is 22.7 Å². The Kier molecular flexibility index (Phi) is 5.86. The molecule has 1 aliphatic rings. The number of amides is 1. The summed E-state index contributed by atoms with van der Waals surface area (Å²) < 4.78 is 0.987. The normalized spacial score (nSPS) is 15.7. The predicted molar refractivity (Wildman–Crippen MR) is 91.6 cm³/mol. The van der Waals surface area contributed by atoms with Crippen LogP contribution in [0.4, 0.5) is 0 Å². The van der Waals surface area contributed by atoms with Crippen molar-refractivity contribution in [3.05, 3.63) is 33.8 Å². The molecular formula is C18H26BrNO. The minimum absolute atomic E-state index is 0.201. The number of carbonyl (C=O) groups excluding carboxylic acids is 1. The smallest absolute Gasteiger partial charge is 0.254 e. The van der Waals surface area contributed by atoms with Crippen molar-refractivity contribution in [3.63, 3.8) is 0 Å². The number of aryl methyl sites for hydroxylation is 1. The molecule has 0 radical (unpaired) electrons. The molecule has 0 spiro atoms. The highest BCUT2D eigenvalue weighted by molar-refractivity contribution is 9.10. The van der Waals surface area contributed by atoms with Gasteiger partial charge in [0.1, 0.15) is 0 Å². The maximum Gasteiger partial charge on any atom is 0.254 e. The SMILES string of the molecule is Cc1cc(Br)cc(C(=O)N(CCC(C)C)C2CCCC2)c1. The fraction of sp³-hybridized carbons (Fsp3) is 0.611. The number of nitrogens with zero attached hydrogens (tertiary/aromatic N) is 1. The summed E-state index contributed by atoms with van der Waals surface area (Å²) in [5.41, 5.74) is 1.94. The van der Waals surface area contributed by atoms with Gasteiger partial charge in [-0.25, -0.2) is 0 Å². The summed E-state index contributed by atoms with van der Waals surface area (Å²) in [7, 11) is 0. The highest BCUT2D eigenvalue weighted by Gasteiger charge is 2.27. The van der Waals surface area contributed by atoms with Crippen LogP contribution in [0.5, 0.6) is 0 Å². The lowest BCUT2D eigenvalue weighted by molar-refractivity contribution is 0.0671. The van der Waals surface area contributed by atoms with E-state index in [1.165, 1.54) is 12.8 Å². The first-order valence-corrected chi connectivity index (χ1v) is 8.85. The summed E-state index contributed by atoms with van der Waals surface area (Å²) in [4.78, 5) is 15.1. The van der Waals surface area contributed by atoms with Gasteiger partial charge in [0.2, 0.25) is 0 Å². The fourth-order valence-corrected chi connectivity index (χ4v) is 3.70. The molecule has 1 aromatic rings. The lowest BCUT2D eigenvalue weighted by atomic mass is 10.1. The Morgan fingerprint density at radius 1 is 1.29 bits per heavy atom. The Morgan fingerprint density at radius 2 is 1.95 bits per heavy atom. The number of benzene rings is 1. The van der Waals surface area contributed by atoms with Crippen LogP contribution >= 0.6 is 15.9 Å². The second-order valence-corrected chi connectivity index (χ2v) is 7.55. The van der Waals surface area contributed by atoms with Crippen molar-refractivity contribution in [2.45, 2.75) is 58.9 Å². The molecule has 1 amide bonds. The summed E-state index contributed by atoms with van der Waals surface area (Å²) in [6, 6.07) is 6.44. The zero-order valence-electron chi connectivity index (χ0n) is 13.4. The molecule has 0 N–H and O–H groups in total. The van der Waals surface area contributed by atoms with Gasteiger partial charge in [-0.1, -0.05) is 42.6 Å². The monoisotopic (exact) mass is 351 g/mol. The second kappa shape index (κ2) is 7.44. The molecular weight excluding hydrogens is 326 g/mol. The zero-order chi connectivity index (χ0) is 15.4. The second-order valence-electron chi connectivity index (χ2n) is 6.64. The number of rotatable bonds is 5. The molecule has 21 heavy (non-hydrogen) atoms. The highest BCUT2D eigenvalue weighted by atomic mass is 79.9. The van der Waals surface area contributed by atoms with Crippen LogP contribution in [0.2, 0.25) is 0 Å². The third-order valence-electron chi connectivity index (χ3n) is 4.26. The van der Waals surface area contributed by atoms with E-state index in [0.29, 0.717) is 12.0 Å². The van der Waals surface area contributed by atoms with Crippen LogP contribution < -0.4 is 0 Å². The Balaban J connectivity index is 2.19. The number of carbonyl (C=O) groups is 1. The van der Waals surface area contributed by atoms with Gasteiger partial charge in [-0.3, -0.25) is 4.79 Å². The molecule has 1 aliphatic carbocycles. The van der Waals surface area contributed by atoms with Gasteiger partial charge < -0.3 is 4.90 Å². The Bertz CT molecular complexity index is 472. The molecule has 0 bridgehead atoms. The van der Waals surface area contributed by atoms with E-state index in [0.717, 1.165) is 41.4 Å². The third-order valence-corrected chi connectivity index (χ3v) is 4.72. The van der Waals surface area contributed by atoms with E-state index in [9.17, 15) is 4.79 Å². The summed E-state index contributed by atoms with van der Waals surface area (Å²) in [6.45, 7) is 7.36. The molecule has 0 aliphatic heterocycles. The van der Waals surface area contributed by atoms with E-state index in [2.05, 4.69) is 34.7 Å². The fourth-order valence-electron chi connectivity index (χ4n) is 3.09. The van der Waals surface area contributed by atoms with E-state index in [-0.39, 0.29) is 5.91 Å². The van der Waals surface area contributed by atoms with E-state index in [4.69, 9.17) is 0 Å². The first-order valence-electron chi connectivity index (χ1n) is 8.05. The molecule has 0 saturated heterocycles. The topological polar surface area (TPSA) is 20.3 Å². The maximum absolute atomic E-state index is 13.0. The molecule has 0 aromatic heterocycles. The zero-order valence-corrected chi connectivity index (χ0v) is 14.9. The van der Waals surface area contributed by atoms with Crippen LogP contribution in [0, 0.1) is 12.8 Å². The Labute approximate surface area is 137 Å². The first kappa shape index (κ1) is 16.5. The molecule has 0 unspecified atom stereocenters. The van der Waals surface area contributed by atoms with Crippen LogP contribution in [-0.2, 0) is 0 Å². The number of hydrogen-bond donors (Lipinski definition) is 0. The molecule has 1 fully saturated rings. The van der Waals surface area contributed by atoms with Gasteiger partial charge in [-0.05, 0) is 55.9 Å². The lowest BCUT2D eigenvalue weighted by Gasteiger charge is -2.30. The summed E-state index contributed by atoms with van der Waals surface area (Å²) in [5.74, 6) is 0.831. The van der Waals surface area contributed by atoms with Crippen molar-refractivity contribution >= 4 is 21.8 Å². The molecule has 2 rings (SSSR count). The standard InChI is InChI=1S/C18H26BrNO/c1-13(2)8-9-20(17-6-4-5-7-17)18(21)15-10-14(3)11-16(19)12-15/h10-13,17H,4-9H2,1-3H3. The van der Waals surface area contributed by atoms with E-state index in [1.807, 2.05) is 25.1 Å². The maximum atomic E-state index is 13.0. The van der Waals surface area contributed by atoms with Crippen LogP contribution in [0.3, 0.4) is 0 Å². The van der Waals surface area contributed by atoms with Gasteiger partial charge in [-0.2, -0.15) is 0 Å². The van der Waals surface area contributed by atoms with E-state index >= 15 is 0 Å². The van der Waals surface area contributed by atoms with Crippen molar-refractivity contribution in [1.82, 2.24) is 4.90 Å². The van der Waals surface area contributed by atoms with Gasteiger partial charge in [0.05, 0.1) is 0 Å². The van der Waals surface area contributed by atoms with E-state index < -0.39 is 0 Å². The highest BCUT2D eigenvalue weighted by Crippen LogP contribution is 2.26. The summed E-state index contributed by atoms with van der Waals surface area (Å²) in [6.07, 6.45) is 5.92. The molecule has 116 valence electrons. The molecule has 1 saturated carbocycles. The van der Waals surface area contributed by atoms with Crippen LogP contribution in [0.1, 0.15) is 61.9 Å². The molecule has 0 heterocycles. The summed E-state index contributed by atoms with van der Waals surface area (Å²) in [5, 5.41) is 0. The quantitative estimate of drug-likeness (QED) is 0.714. The lowest BCUT2D eigenvalue weighted by Crippen LogP contribution is -2.40.